The first-order valence-electron chi connectivity index (χ1n) is 2.76. The minimum absolute atomic E-state index is 0.235. The van der Waals surface area contributed by atoms with Crippen molar-refractivity contribution in [3.63, 3.8) is 0 Å². The van der Waals surface area contributed by atoms with Crippen molar-refractivity contribution in [3.05, 3.63) is 12.7 Å². The van der Waals surface area contributed by atoms with Crippen molar-refractivity contribution < 1.29 is 4.43 Å². The molecule has 1 radical (unpaired) electrons. The van der Waals surface area contributed by atoms with Crippen LogP contribution in [-0.4, -0.2) is 15.1 Å². The van der Waals surface area contributed by atoms with Crippen LogP contribution in [0.1, 0.15) is 6.92 Å². The maximum atomic E-state index is 5.38. The second-order valence-electron chi connectivity index (χ2n) is 1.97. The predicted molar refractivity (Wildman–Crippen MR) is 38.2 cm³/mol. The van der Waals surface area contributed by atoms with E-state index in [0.29, 0.717) is 0 Å². The Morgan fingerprint density at radius 3 is 2.25 bits per heavy atom. The molecule has 0 spiro atoms. The molecule has 0 aliphatic carbocycles. The third-order valence-electron chi connectivity index (χ3n) is 0.754. The zero-order valence-electron chi connectivity index (χ0n) is 5.77. The van der Waals surface area contributed by atoms with Crippen molar-refractivity contribution in [2.75, 3.05) is 0 Å². The summed E-state index contributed by atoms with van der Waals surface area (Å²) in [6.07, 6.45) is 2.05. The van der Waals surface area contributed by atoms with Crippen molar-refractivity contribution in [2.45, 2.75) is 26.1 Å². The highest BCUT2D eigenvalue weighted by Gasteiger charge is 1.99. The summed E-state index contributed by atoms with van der Waals surface area (Å²) in [7, 11) is -0.517. The Bertz CT molecular complexity index is 70.9. The lowest BCUT2D eigenvalue weighted by molar-refractivity contribution is 0.276. The molecule has 0 N–H and O–H groups in total. The van der Waals surface area contributed by atoms with Gasteiger partial charge in [-0.25, -0.2) is 0 Å². The molecule has 0 aromatic heterocycles. The van der Waals surface area contributed by atoms with Gasteiger partial charge in [0.15, 0.2) is 0 Å². The molecule has 0 fully saturated rings. The van der Waals surface area contributed by atoms with Gasteiger partial charge in [0.05, 0.1) is 6.10 Å². The third kappa shape index (κ3) is 4.09. The molecule has 8 heavy (non-hydrogen) atoms. The molecule has 1 unspecified atom stereocenters. The fourth-order valence-electron chi connectivity index (χ4n) is 0.420. The molecule has 0 aromatic rings. The Kier molecular flexibility index (Phi) is 3.82. The van der Waals surface area contributed by atoms with Crippen LogP contribution in [0.2, 0.25) is 13.1 Å². The van der Waals surface area contributed by atoms with Gasteiger partial charge in [0.1, 0.15) is 0 Å². The number of rotatable bonds is 3. The van der Waals surface area contributed by atoms with Crippen LogP contribution in [-0.2, 0) is 4.43 Å². The lowest BCUT2D eigenvalue weighted by Gasteiger charge is -2.09. The van der Waals surface area contributed by atoms with Crippen molar-refractivity contribution >= 4 is 9.04 Å². The maximum absolute atomic E-state index is 5.38. The molecule has 0 amide bonds. The van der Waals surface area contributed by atoms with Crippen molar-refractivity contribution in [1.82, 2.24) is 0 Å². The summed E-state index contributed by atoms with van der Waals surface area (Å²) in [4.78, 5) is 0. The Balaban J connectivity index is 3.23. The van der Waals surface area contributed by atoms with E-state index >= 15 is 0 Å². The van der Waals surface area contributed by atoms with Gasteiger partial charge >= 0.3 is 0 Å². The van der Waals surface area contributed by atoms with Gasteiger partial charge in [-0.15, -0.1) is 6.58 Å². The first kappa shape index (κ1) is 7.92. The first-order chi connectivity index (χ1) is 3.66. The van der Waals surface area contributed by atoms with Gasteiger partial charge in [-0.2, -0.15) is 0 Å². The minimum Gasteiger partial charge on any atom is -0.411 e. The van der Waals surface area contributed by atoms with Gasteiger partial charge in [-0.05, 0) is 20.0 Å². The highest BCUT2D eigenvalue weighted by molar-refractivity contribution is 6.48. The van der Waals surface area contributed by atoms with E-state index in [1.54, 1.807) is 0 Å². The van der Waals surface area contributed by atoms with Gasteiger partial charge in [0, 0.05) is 0 Å². The fourth-order valence-corrected chi connectivity index (χ4v) is 1.26. The Labute approximate surface area is 53.1 Å². The van der Waals surface area contributed by atoms with E-state index in [9.17, 15) is 0 Å². The highest BCUT2D eigenvalue weighted by Crippen LogP contribution is 1.93. The second-order valence-corrected chi connectivity index (χ2v) is 4.02. The molecule has 2 heteroatoms. The molecule has 1 atom stereocenters. The van der Waals surface area contributed by atoms with E-state index in [0.717, 1.165) is 0 Å². The van der Waals surface area contributed by atoms with Crippen LogP contribution in [0, 0.1) is 0 Å². The van der Waals surface area contributed by atoms with Crippen LogP contribution in [0.5, 0.6) is 0 Å². The zero-order valence-corrected chi connectivity index (χ0v) is 6.77. The van der Waals surface area contributed by atoms with Crippen molar-refractivity contribution in [3.8, 4) is 0 Å². The summed E-state index contributed by atoms with van der Waals surface area (Å²) in [5.74, 6) is 0. The zero-order chi connectivity index (χ0) is 6.57. The fraction of sp³-hybridized carbons (Fsp3) is 0.667. The largest absolute Gasteiger partial charge is 0.411 e. The summed E-state index contributed by atoms with van der Waals surface area (Å²) in [6.45, 7) is 9.84. The van der Waals surface area contributed by atoms with E-state index in [4.69, 9.17) is 4.43 Å². The molecule has 47 valence electrons. The number of hydrogen-bond acceptors (Lipinski definition) is 1. The lowest BCUT2D eigenvalue weighted by atomic mass is 10.4. The molecule has 0 saturated heterocycles. The van der Waals surface area contributed by atoms with Crippen molar-refractivity contribution in [2.24, 2.45) is 0 Å². The summed E-state index contributed by atoms with van der Waals surface area (Å²) in [6, 6.07) is 0. The molecule has 0 bridgehead atoms. The normalized spacial score (nSPS) is 14.0. The van der Waals surface area contributed by atoms with E-state index in [-0.39, 0.29) is 6.10 Å². The average molecular weight is 129 g/mol. The summed E-state index contributed by atoms with van der Waals surface area (Å²) in [5, 5.41) is 0. The van der Waals surface area contributed by atoms with Gasteiger partial charge in [-0.3, -0.25) is 0 Å². The molecule has 0 aliphatic heterocycles. The van der Waals surface area contributed by atoms with Gasteiger partial charge < -0.3 is 4.43 Å². The van der Waals surface area contributed by atoms with Gasteiger partial charge in [0.25, 0.3) is 0 Å². The van der Waals surface area contributed by atoms with E-state index in [1.807, 2.05) is 13.0 Å². The van der Waals surface area contributed by atoms with Gasteiger partial charge in [-0.1, -0.05) is 6.08 Å². The summed E-state index contributed by atoms with van der Waals surface area (Å²) >= 11 is 0. The van der Waals surface area contributed by atoms with Gasteiger partial charge in [0.2, 0.25) is 9.04 Å². The molecule has 0 heterocycles. The minimum atomic E-state index is -0.517. The Morgan fingerprint density at radius 1 is 1.62 bits per heavy atom. The monoisotopic (exact) mass is 129 g/mol. The summed E-state index contributed by atoms with van der Waals surface area (Å²) < 4.78 is 5.38. The highest BCUT2D eigenvalue weighted by atomic mass is 28.3. The second kappa shape index (κ2) is 3.86. The molecule has 0 aromatic carbocycles. The Hall–Kier alpha value is -0.0831. The van der Waals surface area contributed by atoms with Crippen LogP contribution < -0.4 is 0 Å². The molecule has 0 rings (SSSR count). The van der Waals surface area contributed by atoms with Crippen LogP contribution in [0.25, 0.3) is 0 Å². The quantitative estimate of drug-likeness (QED) is 0.417. The topological polar surface area (TPSA) is 9.23 Å². The van der Waals surface area contributed by atoms with Crippen molar-refractivity contribution in [1.29, 1.82) is 0 Å². The predicted octanol–water partition coefficient (Wildman–Crippen LogP) is 1.83. The maximum Gasteiger partial charge on any atom is 0.205 e. The smallest absolute Gasteiger partial charge is 0.205 e. The van der Waals surface area contributed by atoms with Crippen LogP contribution >= 0.6 is 0 Å². The molecule has 0 aliphatic rings. The Morgan fingerprint density at radius 2 is 2.12 bits per heavy atom. The SMILES string of the molecule is C=CC(C)O[Si](C)C. The van der Waals surface area contributed by atoms with Crippen LogP contribution in [0.15, 0.2) is 12.7 Å². The standard InChI is InChI=1S/C6H13OSi/c1-5-6(2)7-8(3)4/h5-6H,1H2,2-4H3. The first-order valence-corrected chi connectivity index (χ1v) is 5.17. The van der Waals surface area contributed by atoms with Crippen LogP contribution in [0.4, 0.5) is 0 Å². The summed E-state index contributed by atoms with van der Waals surface area (Å²) in [5.41, 5.74) is 0. The van der Waals surface area contributed by atoms with E-state index < -0.39 is 9.04 Å². The molecular weight excluding hydrogens is 116 g/mol. The lowest BCUT2D eigenvalue weighted by Crippen LogP contribution is -2.14. The van der Waals surface area contributed by atoms with E-state index in [2.05, 4.69) is 19.7 Å². The molecule has 0 saturated carbocycles. The van der Waals surface area contributed by atoms with Crippen LogP contribution in [0.3, 0.4) is 0 Å². The molecular formula is C6H13OSi. The van der Waals surface area contributed by atoms with E-state index in [1.165, 1.54) is 0 Å². The third-order valence-corrected chi connectivity index (χ3v) is 1.60. The number of hydrogen-bond donors (Lipinski definition) is 0. The molecule has 1 nitrogen and oxygen atoms in total. The average Bonchev–Trinajstić information content (AvgIpc) is 1.65.